The van der Waals surface area contributed by atoms with Crippen molar-refractivity contribution in [1.82, 2.24) is 0 Å². The van der Waals surface area contributed by atoms with Crippen LogP contribution in [0.15, 0.2) is 12.7 Å². The van der Waals surface area contributed by atoms with Crippen LogP contribution in [0.25, 0.3) is 0 Å². The quantitative estimate of drug-likeness (QED) is 0.590. The van der Waals surface area contributed by atoms with E-state index in [2.05, 4.69) is 6.58 Å². The van der Waals surface area contributed by atoms with Gasteiger partial charge in [0.1, 0.15) is 0 Å². The topological polar surface area (TPSA) is 29.5 Å². The first-order valence-electron chi connectivity index (χ1n) is 3.57. The molecule has 0 bridgehead atoms. The number of hydrogen-bond donors (Lipinski definition) is 1. The van der Waals surface area contributed by atoms with Crippen LogP contribution in [-0.4, -0.2) is 23.9 Å². The predicted octanol–water partition coefficient (Wildman–Crippen LogP) is 1.35. The van der Waals surface area contributed by atoms with Crippen LogP contribution in [0, 0.1) is 0 Å². The maximum atomic E-state index is 9.10. The fraction of sp³-hybridized carbons (Fsp3) is 0.750. The van der Waals surface area contributed by atoms with Crippen molar-refractivity contribution >= 4 is 0 Å². The number of ether oxygens (including phenoxy) is 1. The van der Waals surface area contributed by atoms with Crippen molar-refractivity contribution in [2.24, 2.45) is 0 Å². The van der Waals surface area contributed by atoms with Crippen LogP contribution >= 0.6 is 0 Å². The lowest BCUT2D eigenvalue weighted by atomic mass is 10.3. The average Bonchev–Trinajstić information content (AvgIpc) is 1.85. The highest BCUT2D eigenvalue weighted by Gasteiger charge is 2.01. The van der Waals surface area contributed by atoms with Gasteiger partial charge in [-0.15, -0.1) is 6.58 Å². The van der Waals surface area contributed by atoms with Crippen molar-refractivity contribution < 1.29 is 9.84 Å². The van der Waals surface area contributed by atoms with Gasteiger partial charge in [0.25, 0.3) is 0 Å². The van der Waals surface area contributed by atoms with Gasteiger partial charge in [-0.2, -0.15) is 0 Å². The van der Waals surface area contributed by atoms with Gasteiger partial charge in [0.05, 0.1) is 18.8 Å². The highest BCUT2D eigenvalue weighted by atomic mass is 16.5. The molecular weight excluding hydrogens is 128 g/mol. The van der Waals surface area contributed by atoms with Crippen molar-refractivity contribution in [2.45, 2.75) is 32.5 Å². The van der Waals surface area contributed by atoms with Crippen LogP contribution in [0.1, 0.15) is 20.3 Å². The Morgan fingerprint density at radius 1 is 1.60 bits per heavy atom. The molecule has 2 nitrogen and oxygen atoms in total. The molecule has 0 aromatic rings. The van der Waals surface area contributed by atoms with Gasteiger partial charge in [0.2, 0.25) is 0 Å². The molecule has 0 heterocycles. The summed E-state index contributed by atoms with van der Waals surface area (Å²) in [5.41, 5.74) is 0. The lowest BCUT2D eigenvalue weighted by molar-refractivity contribution is 0.00727. The lowest BCUT2D eigenvalue weighted by Gasteiger charge is -2.10. The van der Waals surface area contributed by atoms with E-state index >= 15 is 0 Å². The van der Waals surface area contributed by atoms with E-state index in [1.165, 1.54) is 0 Å². The monoisotopic (exact) mass is 144 g/mol. The molecular formula is C8H16O2. The molecule has 0 spiro atoms. The summed E-state index contributed by atoms with van der Waals surface area (Å²) in [4.78, 5) is 0. The van der Waals surface area contributed by atoms with Gasteiger partial charge in [-0.05, 0) is 20.3 Å². The largest absolute Gasteiger partial charge is 0.390 e. The molecule has 0 aromatic carbocycles. The molecule has 0 aliphatic rings. The SMILES string of the molecule is C=CCC(O)COC(C)C. The first-order valence-corrected chi connectivity index (χ1v) is 3.57. The van der Waals surface area contributed by atoms with Crippen LogP contribution < -0.4 is 0 Å². The van der Waals surface area contributed by atoms with E-state index in [9.17, 15) is 0 Å². The van der Waals surface area contributed by atoms with E-state index in [4.69, 9.17) is 9.84 Å². The number of aliphatic hydroxyl groups excluding tert-OH is 1. The van der Waals surface area contributed by atoms with Gasteiger partial charge < -0.3 is 9.84 Å². The lowest BCUT2D eigenvalue weighted by Crippen LogP contribution is -2.17. The predicted molar refractivity (Wildman–Crippen MR) is 41.9 cm³/mol. The third kappa shape index (κ3) is 5.79. The smallest absolute Gasteiger partial charge is 0.0808 e. The van der Waals surface area contributed by atoms with E-state index in [0.29, 0.717) is 13.0 Å². The second-order valence-electron chi connectivity index (χ2n) is 2.56. The van der Waals surface area contributed by atoms with Gasteiger partial charge in [0, 0.05) is 0 Å². The van der Waals surface area contributed by atoms with Gasteiger partial charge in [-0.1, -0.05) is 6.08 Å². The van der Waals surface area contributed by atoms with Crippen molar-refractivity contribution in [2.75, 3.05) is 6.61 Å². The summed E-state index contributed by atoms with van der Waals surface area (Å²) in [5, 5.41) is 9.10. The zero-order chi connectivity index (χ0) is 7.98. The van der Waals surface area contributed by atoms with Crippen LogP contribution in [0.5, 0.6) is 0 Å². The minimum atomic E-state index is -0.389. The molecule has 0 amide bonds. The summed E-state index contributed by atoms with van der Waals surface area (Å²) in [5.74, 6) is 0. The Morgan fingerprint density at radius 3 is 2.60 bits per heavy atom. The van der Waals surface area contributed by atoms with Crippen LogP contribution in [0.3, 0.4) is 0 Å². The molecule has 1 N–H and O–H groups in total. The summed E-state index contributed by atoms with van der Waals surface area (Å²) in [6.45, 7) is 7.81. The highest BCUT2D eigenvalue weighted by Crippen LogP contribution is 1.95. The molecule has 1 unspecified atom stereocenters. The summed E-state index contributed by atoms with van der Waals surface area (Å²) >= 11 is 0. The molecule has 60 valence electrons. The third-order valence-electron chi connectivity index (χ3n) is 1.06. The van der Waals surface area contributed by atoms with Crippen molar-refractivity contribution in [3.05, 3.63) is 12.7 Å². The molecule has 0 aliphatic carbocycles. The molecule has 0 saturated carbocycles. The zero-order valence-electron chi connectivity index (χ0n) is 6.71. The van der Waals surface area contributed by atoms with E-state index in [1.54, 1.807) is 6.08 Å². The van der Waals surface area contributed by atoms with Crippen molar-refractivity contribution in [3.63, 3.8) is 0 Å². The highest BCUT2D eigenvalue weighted by molar-refractivity contribution is 4.71. The molecule has 0 aliphatic heterocycles. The summed E-state index contributed by atoms with van der Waals surface area (Å²) < 4.78 is 5.16. The molecule has 0 radical (unpaired) electrons. The Balaban J connectivity index is 3.20. The molecule has 0 aromatic heterocycles. The second kappa shape index (κ2) is 5.45. The van der Waals surface area contributed by atoms with Crippen LogP contribution in [0.2, 0.25) is 0 Å². The second-order valence-corrected chi connectivity index (χ2v) is 2.56. The molecule has 1 atom stereocenters. The van der Waals surface area contributed by atoms with Gasteiger partial charge in [-0.3, -0.25) is 0 Å². The zero-order valence-corrected chi connectivity index (χ0v) is 6.71. The van der Waals surface area contributed by atoms with Gasteiger partial charge in [-0.25, -0.2) is 0 Å². The molecule has 10 heavy (non-hydrogen) atoms. The maximum Gasteiger partial charge on any atom is 0.0808 e. The standard InChI is InChI=1S/C8H16O2/c1-4-5-8(9)6-10-7(2)3/h4,7-9H,1,5-6H2,2-3H3. The number of aliphatic hydroxyl groups is 1. The van der Waals surface area contributed by atoms with Crippen LogP contribution in [-0.2, 0) is 4.74 Å². The van der Waals surface area contributed by atoms with E-state index < -0.39 is 0 Å². The van der Waals surface area contributed by atoms with Crippen molar-refractivity contribution in [3.8, 4) is 0 Å². The van der Waals surface area contributed by atoms with Gasteiger partial charge >= 0.3 is 0 Å². The fourth-order valence-electron chi connectivity index (χ4n) is 0.564. The minimum Gasteiger partial charge on any atom is -0.390 e. The summed E-state index contributed by atoms with van der Waals surface area (Å²) in [6.07, 6.45) is 2.10. The summed E-state index contributed by atoms with van der Waals surface area (Å²) in [7, 11) is 0. The Bertz CT molecular complexity index is 89.3. The summed E-state index contributed by atoms with van der Waals surface area (Å²) in [6, 6.07) is 0. The van der Waals surface area contributed by atoms with Crippen LogP contribution in [0.4, 0.5) is 0 Å². The molecule has 0 saturated heterocycles. The maximum absolute atomic E-state index is 9.10. The van der Waals surface area contributed by atoms with Gasteiger partial charge in [0.15, 0.2) is 0 Å². The fourth-order valence-corrected chi connectivity index (χ4v) is 0.564. The number of rotatable bonds is 5. The minimum absolute atomic E-state index is 0.194. The molecule has 2 heteroatoms. The first-order chi connectivity index (χ1) is 4.66. The van der Waals surface area contributed by atoms with Crippen molar-refractivity contribution in [1.29, 1.82) is 0 Å². The third-order valence-corrected chi connectivity index (χ3v) is 1.06. The Kier molecular flexibility index (Phi) is 5.26. The first kappa shape index (κ1) is 9.66. The number of hydrogen-bond acceptors (Lipinski definition) is 2. The Morgan fingerprint density at radius 2 is 2.20 bits per heavy atom. The normalized spacial score (nSPS) is 13.6. The Labute approximate surface area is 62.5 Å². The molecule has 0 rings (SSSR count). The van der Waals surface area contributed by atoms with E-state index in [0.717, 1.165) is 0 Å². The van der Waals surface area contributed by atoms with E-state index in [1.807, 2.05) is 13.8 Å². The average molecular weight is 144 g/mol. The van der Waals surface area contributed by atoms with E-state index in [-0.39, 0.29) is 12.2 Å². The molecule has 0 fully saturated rings. The Hall–Kier alpha value is -0.340.